The van der Waals surface area contributed by atoms with Crippen molar-refractivity contribution >= 4 is 29.2 Å². The number of esters is 1. The third-order valence-electron chi connectivity index (χ3n) is 4.37. The summed E-state index contributed by atoms with van der Waals surface area (Å²) in [6.07, 6.45) is 1.30. The van der Waals surface area contributed by atoms with Gasteiger partial charge in [0.2, 0.25) is 5.91 Å². The van der Waals surface area contributed by atoms with Crippen LogP contribution < -0.4 is 15.0 Å². The van der Waals surface area contributed by atoms with Gasteiger partial charge in [0, 0.05) is 24.2 Å². The van der Waals surface area contributed by atoms with Crippen molar-refractivity contribution in [3.05, 3.63) is 53.6 Å². The van der Waals surface area contributed by atoms with Gasteiger partial charge >= 0.3 is 5.97 Å². The van der Waals surface area contributed by atoms with Crippen LogP contribution in [0.25, 0.3) is 0 Å². The lowest BCUT2D eigenvalue weighted by atomic mass is 10.1. The number of rotatable bonds is 5. The van der Waals surface area contributed by atoms with E-state index >= 15 is 0 Å². The molecule has 2 aromatic carbocycles. The Morgan fingerprint density at radius 2 is 1.74 bits per heavy atom. The van der Waals surface area contributed by atoms with Crippen LogP contribution in [-0.2, 0) is 9.53 Å². The van der Waals surface area contributed by atoms with Crippen LogP contribution in [0.2, 0.25) is 0 Å². The number of benzene rings is 2. The number of carbonyl (C=O) groups excluding carboxylic acids is 3. The maximum atomic E-state index is 12.5. The first-order valence-corrected chi connectivity index (χ1v) is 8.51. The molecule has 3 rings (SSSR count). The molecule has 7 nitrogen and oxygen atoms in total. The van der Waals surface area contributed by atoms with Crippen LogP contribution in [-0.4, -0.2) is 38.5 Å². The first-order valence-electron chi connectivity index (χ1n) is 8.51. The molecule has 2 amide bonds. The van der Waals surface area contributed by atoms with Crippen molar-refractivity contribution < 1.29 is 23.9 Å². The largest absolute Gasteiger partial charge is 0.495 e. The average molecular weight is 368 g/mol. The SMILES string of the molecule is COC(=O)c1ccc(C(=O)Nc2ccc(OC)c(N3CCCC3=O)c2)cc1. The maximum Gasteiger partial charge on any atom is 0.337 e. The monoisotopic (exact) mass is 368 g/mol. The van der Waals surface area contributed by atoms with Crippen molar-refractivity contribution in [2.75, 3.05) is 31.0 Å². The van der Waals surface area contributed by atoms with Crippen molar-refractivity contribution in [1.82, 2.24) is 0 Å². The van der Waals surface area contributed by atoms with Gasteiger partial charge in [0.15, 0.2) is 0 Å². The average Bonchev–Trinajstić information content (AvgIpc) is 3.13. The van der Waals surface area contributed by atoms with E-state index in [1.54, 1.807) is 42.3 Å². The smallest absolute Gasteiger partial charge is 0.337 e. The van der Waals surface area contributed by atoms with Gasteiger partial charge < -0.3 is 19.7 Å². The molecule has 0 spiro atoms. The van der Waals surface area contributed by atoms with E-state index in [4.69, 9.17) is 4.74 Å². The number of ether oxygens (including phenoxy) is 2. The van der Waals surface area contributed by atoms with Gasteiger partial charge in [0.25, 0.3) is 5.91 Å². The molecule has 7 heteroatoms. The molecule has 0 unspecified atom stereocenters. The van der Waals surface area contributed by atoms with Gasteiger partial charge in [-0.1, -0.05) is 0 Å². The fraction of sp³-hybridized carbons (Fsp3) is 0.250. The molecule has 1 N–H and O–H groups in total. The van der Waals surface area contributed by atoms with E-state index in [-0.39, 0.29) is 11.8 Å². The number of hydrogen-bond donors (Lipinski definition) is 1. The molecular formula is C20H20N2O5. The minimum Gasteiger partial charge on any atom is -0.495 e. The summed E-state index contributed by atoms with van der Waals surface area (Å²) >= 11 is 0. The third kappa shape index (κ3) is 3.92. The summed E-state index contributed by atoms with van der Waals surface area (Å²) in [6.45, 7) is 0.627. The quantitative estimate of drug-likeness (QED) is 0.821. The zero-order valence-electron chi connectivity index (χ0n) is 15.2. The Labute approximate surface area is 156 Å². The molecular weight excluding hydrogens is 348 g/mol. The number of hydrogen-bond acceptors (Lipinski definition) is 5. The zero-order chi connectivity index (χ0) is 19.4. The molecule has 0 bridgehead atoms. The zero-order valence-corrected chi connectivity index (χ0v) is 15.2. The highest BCUT2D eigenvalue weighted by Gasteiger charge is 2.25. The maximum absolute atomic E-state index is 12.5. The second kappa shape index (κ2) is 7.90. The second-order valence-electron chi connectivity index (χ2n) is 6.06. The second-order valence-corrected chi connectivity index (χ2v) is 6.06. The first kappa shape index (κ1) is 18.4. The molecule has 1 aliphatic rings. The van der Waals surface area contributed by atoms with E-state index in [0.717, 1.165) is 6.42 Å². The van der Waals surface area contributed by atoms with E-state index in [2.05, 4.69) is 10.1 Å². The van der Waals surface area contributed by atoms with Gasteiger partial charge in [-0.3, -0.25) is 9.59 Å². The molecule has 1 saturated heterocycles. The van der Waals surface area contributed by atoms with Crippen molar-refractivity contribution in [2.45, 2.75) is 12.8 Å². The van der Waals surface area contributed by atoms with Crippen LogP contribution >= 0.6 is 0 Å². The number of nitrogens with zero attached hydrogens (tertiary/aromatic N) is 1. The highest BCUT2D eigenvalue weighted by Crippen LogP contribution is 2.34. The van der Waals surface area contributed by atoms with Crippen molar-refractivity contribution in [1.29, 1.82) is 0 Å². The number of carbonyl (C=O) groups is 3. The number of amides is 2. The lowest BCUT2D eigenvalue weighted by Gasteiger charge is -2.20. The molecule has 0 radical (unpaired) electrons. The van der Waals surface area contributed by atoms with Crippen LogP contribution in [0.3, 0.4) is 0 Å². The van der Waals surface area contributed by atoms with Crippen molar-refractivity contribution in [3.8, 4) is 5.75 Å². The molecule has 0 aromatic heterocycles. The molecule has 1 fully saturated rings. The van der Waals surface area contributed by atoms with Crippen LogP contribution in [0.1, 0.15) is 33.6 Å². The molecule has 2 aromatic rings. The Morgan fingerprint density at radius 3 is 2.33 bits per heavy atom. The Hall–Kier alpha value is -3.35. The lowest BCUT2D eigenvalue weighted by Crippen LogP contribution is -2.24. The fourth-order valence-electron chi connectivity index (χ4n) is 2.96. The number of nitrogens with one attached hydrogen (secondary N) is 1. The van der Waals surface area contributed by atoms with Crippen LogP contribution in [0, 0.1) is 0 Å². The topological polar surface area (TPSA) is 84.9 Å². The minimum atomic E-state index is -0.461. The highest BCUT2D eigenvalue weighted by atomic mass is 16.5. The fourth-order valence-corrected chi connectivity index (χ4v) is 2.96. The normalized spacial score (nSPS) is 13.4. The van der Waals surface area contributed by atoms with E-state index < -0.39 is 5.97 Å². The lowest BCUT2D eigenvalue weighted by molar-refractivity contribution is -0.117. The van der Waals surface area contributed by atoms with E-state index in [9.17, 15) is 14.4 Å². The summed E-state index contributed by atoms with van der Waals surface area (Å²) in [5.74, 6) is -0.173. The molecule has 1 heterocycles. The van der Waals surface area contributed by atoms with Gasteiger partial charge in [-0.05, 0) is 48.9 Å². The summed E-state index contributed by atoms with van der Waals surface area (Å²) in [4.78, 5) is 37.7. The Morgan fingerprint density at radius 1 is 1.04 bits per heavy atom. The van der Waals surface area contributed by atoms with Crippen molar-refractivity contribution in [2.24, 2.45) is 0 Å². The Kier molecular flexibility index (Phi) is 5.40. The summed E-state index contributed by atoms with van der Waals surface area (Å²) in [6, 6.07) is 11.3. The van der Waals surface area contributed by atoms with Crippen LogP contribution in [0.5, 0.6) is 5.75 Å². The van der Waals surface area contributed by atoms with Gasteiger partial charge in [0.1, 0.15) is 5.75 Å². The third-order valence-corrected chi connectivity index (χ3v) is 4.37. The first-order chi connectivity index (χ1) is 13.0. The Bertz CT molecular complexity index is 876. The van der Waals surface area contributed by atoms with E-state index in [0.29, 0.717) is 41.2 Å². The number of anilines is 2. The van der Waals surface area contributed by atoms with Gasteiger partial charge in [-0.15, -0.1) is 0 Å². The number of methoxy groups -OCH3 is 2. The summed E-state index contributed by atoms with van der Waals surface area (Å²) < 4.78 is 9.99. The molecule has 0 atom stereocenters. The van der Waals surface area contributed by atoms with Crippen LogP contribution in [0.15, 0.2) is 42.5 Å². The van der Waals surface area contributed by atoms with E-state index in [1.807, 2.05) is 0 Å². The minimum absolute atomic E-state index is 0.0372. The molecule has 140 valence electrons. The van der Waals surface area contributed by atoms with E-state index in [1.165, 1.54) is 19.2 Å². The van der Waals surface area contributed by atoms with Crippen molar-refractivity contribution in [3.63, 3.8) is 0 Å². The molecule has 27 heavy (non-hydrogen) atoms. The van der Waals surface area contributed by atoms with Gasteiger partial charge in [0.05, 0.1) is 25.5 Å². The standard InChI is InChI=1S/C20H20N2O5/c1-26-17-10-9-15(12-16(17)22-11-3-4-18(22)23)21-19(24)13-5-7-14(8-6-13)20(25)27-2/h5-10,12H,3-4,11H2,1-2H3,(H,21,24). The van der Waals surface area contributed by atoms with Crippen LogP contribution in [0.4, 0.5) is 11.4 Å². The molecule has 0 aliphatic carbocycles. The summed E-state index contributed by atoms with van der Waals surface area (Å²) in [7, 11) is 2.84. The predicted molar refractivity (Wildman–Crippen MR) is 100 cm³/mol. The molecule has 1 aliphatic heterocycles. The highest BCUT2D eigenvalue weighted by molar-refractivity contribution is 6.05. The summed E-state index contributed by atoms with van der Waals surface area (Å²) in [5, 5.41) is 2.80. The van der Waals surface area contributed by atoms with Gasteiger partial charge in [-0.25, -0.2) is 4.79 Å². The predicted octanol–water partition coefficient (Wildman–Crippen LogP) is 2.86. The Balaban J connectivity index is 1.79. The van der Waals surface area contributed by atoms with Gasteiger partial charge in [-0.2, -0.15) is 0 Å². The molecule has 0 saturated carbocycles. The summed E-state index contributed by atoms with van der Waals surface area (Å²) in [5.41, 5.74) is 1.96.